The number of β-amino-alcohol motifs (C(OH)–C–C–N with tert-alkyl or cyclic N) is 1. The van der Waals surface area contributed by atoms with Crippen LogP contribution in [-0.2, 0) is 25.5 Å². The number of aliphatic carboxylic acids is 2. The van der Waals surface area contributed by atoms with Gasteiger partial charge in [0, 0.05) is 73.9 Å². The summed E-state index contributed by atoms with van der Waals surface area (Å²) in [6, 6.07) is 4.18. The van der Waals surface area contributed by atoms with Gasteiger partial charge in [0.25, 0.3) is 11.8 Å². The van der Waals surface area contributed by atoms with Crippen molar-refractivity contribution < 1.29 is 43.6 Å². The number of nitrogens with one attached hydrogen (secondary N) is 2. The second-order valence-corrected chi connectivity index (χ2v) is 9.80. The van der Waals surface area contributed by atoms with Crippen LogP contribution >= 0.6 is 0 Å². The van der Waals surface area contributed by atoms with E-state index in [2.05, 4.69) is 15.2 Å². The Labute approximate surface area is 234 Å². The lowest BCUT2D eigenvalue weighted by molar-refractivity contribution is -0.134. The normalized spacial score (nSPS) is 18.5. The number of nitrogens with zero attached hydrogens (tertiary/aromatic N) is 2. The number of morpholine rings is 1. The molecule has 13 heteroatoms. The Bertz CT molecular complexity index is 1390. The van der Waals surface area contributed by atoms with E-state index in [4.69, 9.17) is 14.9 Å². The summed E-state index contributed by atoms with van der Waals surface area (Å²) in [6.07, 6.45) is 2.79. The summed E-state index contributed by atoms with van der Waals surface area (Å²) in [5, 5.41) is 28.9. The molecule has 1 fully saturated rings. The zero-order valence-electron chi connectivity index (χ0n) is 22.4. The largest absolute Gasteiger partial charge is 0.478 e. The average Bonchev–Trinajstić information content (AvgIpc) is 3.41. The molecule has 0 saturated carbocycles. The minimum Gasteiger partial charge on any atom is -0.478 e. The average molecular weight is 571 g/mol. The predicted molar refractivity (Wildman–Crippen MR) is 146 cm³/mol. The molecule has 3 aliphatic heterocycles. The number of aliphatic hydroxyl groups is 1. The first-order valence-corrected chi connectivity index (χ1v) is 13.0. The monoisotopic (exact) mass is 570 g/mol. The van der Waals surface area contributed by atoms with Crippen molar-refractivity contribution in [3.8, 4) is 0 Å². The van der Waals surface area contributed by atoms with E-state index in [0.29, 0.717) is 73.0 Å². The third kappa shape index (κ3) is 7.25. The van der Waals surface area contributed by atoms with Gasteiger partial charge in [-0.2, -0.15) is 0 Å². The standard InChI is InChI=1S/C24H27FN4O4.C4H4O4/c1-14-21(11-18-17-10-15(25)2-3-19(17)27-23(18)31)26-20-4-5-29(24(32)22(14)20)13-16(30)12-28-6-8-33-9-7-28;5-3(6)1-2-4(7)8/h2-3,10-11,16,26,30H,4-9,12-13H2,1H3,(H,27,31);1-2H,(H,5,6)(H,7,8). The van der Waals surface area contributed by atoms with E-state index in [0.717, 1.165) is 24.3 Å². The van der Waals surface area contributed by atoms with Crippen LogP contribution in [0, 0.1) is 12.7 Å². The first kappa shape index (κ1) is 29.6. The number of benzene rings is 1. The summed E-state index contributed by atoms with van der Waals surface area (Å²) < 4.78 is 19.1. The summed E-state index contributed by atoms with van der Waals surface area (Å²) in [5.41, 5.74) is 4.24. The number of carbonyl (C=O) groups excluding carboxylic acids is 2. The van der Waals surface area contributed by atoms with Crippen LogP contribution in [0.1, 0.15) is 32.9 Å². The Morgan fingerprint density at radius 1 is 1.10 bits per heavy atom. The van der Waals surface area contributed by atoms with Gasteiger partial charge in [0.2, 0.25) is 0 Å². The van der Waals surface area contributed by atoms with E-state index >= 15 is 0 Å². The molecular weight excluding hydrogens is 539 g/mol. The highest BCUT2D eigenvalue weighted by atomic mass is 19.1. The number of ether oxygens (including phenoxy) is 1. The van der Waals surface area contributed by atoms with Gasteiger partial charge in [-0.05, 0) is 36.8 Å². The molecule has 3 aliphatic rings. The second-order valence-electron chi connectivity index (χ2n) is 9.80. The fourth-order valence-electron chi connectivity index (χ4n) is 4.97. The number of carboxylic acids is 2. The van der Waals surface area contributed by atoms with Crippen LogP contribution < -0.4 is 5.32 Å². The van der Waals surface area contributed by atoms with E-state index in [9.17, 15) is 28.7 Å². The van der Waals surface area contributed by atoms with Gasteiger partial charge in [0.15, 0.2) is 0 Å². The number of anilines is 1. The van der Waals surface area contributed by atoms with Crippen LogP contribution in [0.3, 0.4) is 0 Å². The Hall–Kier alpha value is -4.33. The quantitative estimate of drug-likeness (QED) is 0.308. The molecule has 2 amide bonds. The molecule has 0 radical (unpaired) electrons. The summed E-state index contributed by atoms with van der Waals surface area (Å²) in [5.74, 6) is -3.36. The van der Waals surface area contributed by atoms with Gasteiger partial charge in [-0.1, -0.05) is 0 Å². The van der Waals surface area contributed by atoms with Crippen LogP contribution in [0.25, 0.3) is 11.6 Å². The maximum Gasteiger partial charge on any atom is 0.328 e. The fourth-order valence-corrected chi connectivity index (χ4v) is 4.97. The summed E-state index contributed by atoms with van der Waals surface area (Å²) in [7, 11) is 0. The number of fused-ring (bicyclic) bond motifs is 2. The number of carboxylic acid groups (broad SMARTS) is 2. The van der Waals surface area contributed by atoms with E-state index in [1.807, 2.05) is 6.92 Å². The van der Waals surface area contributed by atoms with Crippen molar-refractivity contribution in [3.63, 3.8) is 0 Å². The van der Waals surface area contributed by atoms with Gasteiger partial charge >= 0.3 is 11.9 Å². The lowest BCUT2D eigenvalue weighted by Gasteiger charge is -2.32. The van der Waals surface area contributed by atoms with Crippen molar-refractivity contribution in [1.82, 2.24) is 14.8 Å². The van der Waals surface area contributed by atoms with E-state index in [1.165, 1.54) is 12.1 Å². The molecule has 218 valence electrons. The van der Waals surface area contributed by atoms with Gasteiger partial charge in [-0.3, -0.25) is 14.5 Å². The molecule has 1 saturated heterocycles. The summed E-state index contributed by atoms with van der Waals surface area (Å²) in [4.78, 5) is 51.9. The number of halogens is 1. The number of H-pyrrole nitrogens is 1. The molecule has 12 nitrogen and oxygen atoms in total. The number of hydrogen-bond acceptors (Lipinski definition) is 7. The van der Waals surface area contributed by atoms with Gasteiger partial charge in [0.1, 0.15) is 5.82 Å². The number of rotatable bonds is 7. The highest BCUT2D eigenvalue weighted by Crippen LogP contribution is 2.35. The van der Waals surface area contributed by atoms with Crippen molar-refractivity contribution >= 4 is 41.1 Å². The maximum absolute atomic E-state index is 13.8. The zero-order chi connectivity index (χ0) is 29.7. The van der Waals surface area contributed by atoms with Gasteiger partial charge in [0.05, 0.1) is 30.5 Å². The van der Waals surface area contributed by atoms with Crippen LogP contribution in [0.5, 0.6) is 0 Å². The van der Waals surface area contributed by atoms with E-state index in [-0.39, 0.29) is 18.4 Å². The third-order valence-corrected chi connectivity index (χ3v) is 6.92. The fraction of sp³-hybridized carbons (Fsp3) is 0.357. The molecule has 41 heavy (non-hydrogen) atoms. The molecule has 1 unspecified atom stereocenters. The van der Waals surface area contributed by atoms with Gasteiger partial charge in [-0.25, -0.2) is 14.0 Å². The number of hydrogen-bond donors (Lipinski definition) is 5. The molecule has 0 bridgehead atoms. The molecular formula is C28H31FN4O8. The predicted octanol–water partition coefficient (Wildman–Crippen LogP) is 1.36. The number of aromatic nitrogens is 1. The summed E-state index contributed by atoms with van der Waals surface area (Å²) >= 11 is 0. The Morgan fingerprint density at radius 2 is 1.78 bits per heavy atom. The number of aliphatic hydroxyl groups excluding tert-OH is 1. The number of aromatic amines is 1. The Kier molecular flexibility index (Phi) is 9.32. The van der Waals surface area contributed by atoms with Gasteiger partial charge < -0.3 is 35.3 Å². The first-order valence-electron chi connectivity index (χ1n) is 13.0. The highest BCUT2D eigenvalue weighted by Gasteiger charge is 2.32. The first-order chi connectivity index (χ1) is 19.5. The molecule has 5 rings (SSSR count). The maximum atomic E-state index is 13.8. The molecule has 5 N–H and O–H groups in total. The smallest absolute Gasteiger partial charge is 0.328 e. The lowest BCUT2D eigenvalue weighted by Crippen LogP contribution is -2.47. The Morgan fingerprint density at radius 3 is 2.44 bits per heavy atom. The van der Waals surface area contributed by atoms with Crippen molar-refractivity contribution in [2.45, 2.75) is 19.4 Å². The molecule has 1 aromatic heterocycles. The molecule has 0 aliphatic carbocycles. The molecule has 0 spiro atoms. The van der Waals surface area contributed by atoms with Gasteiger partial charge in [-0.15, -0.1) is 0 Å². The van der Waals surface area contributed by atoms with Crippen LogP contribution in [0.2, 0.25) is 0 Å². The second kappa shape index (κ2) is 12.9. The van der Waals surface area contributed by atoms with Crippen LogP contribution in [-0.4, -0.2) is 106 Å². The summed E-state index contributed by atoms with van der Waals surface area (Å²) in [6.45, 7) is 6.02. The van der Waals surface area contributed by atoms with Crippen molar-refractivity contribution in [2.24, 2.45) is 0 Å². The third-order valence-electron chi connectivity index (χ3n) is 6.92. The number of amides is 2. The molecule has 2 aromatic rings. The van der Waals surface area contributed by atoms with Crippen LogP contribution in [0.4, 0.5) is 10.1 Å². The zero-order valence-corrected chi connectivity index (χ0v) is 22.4. The lowest BCUT2D eigenvalue weighted by atomic mass is 10.0. The molecule has 4 heterocycles. The minimum absolute atomic E-state index is 0.127. The topological polar surface area (TPSA) is 172 Å². The minimum atomic E-state index is -1.26. The van der Waals surface area contributed by atoms with Crippen molar-refractivity contribution in [1.29, 1.82) is 0 Å². The Balaban J connectivity index is 0.000000426. The van der Waals surface area contributed by atoms with Crippen molar-refractivity contribution in [2.75, 3.05) is 51.3 Å². The molecule has 1 aromatic carbocycles. The number of carbonyl (C=O) groups is 4. The SMILES string of the molecule is Cc1c(C=C2C(=O)Nc3ccc(F)cc32)[nH]c2c1C(=O)N(CC(O)CN1CCOCC1)CC2.O=C(O)C=CC(=O)O. The van der Waals surface area contributed by atoms with Crippen LogP contribution in [0.15, 0.2) is 30.4 Å². The van der Waals surface area contributed by atoms with E-state index < -0.39 is 23.9 Å². The molecule has 1 atom stereocenters. The van der Waals surface area contributed by atoms with E-state index in [1.54, 1.807) is 17.0 Å². The highest BCUT2D eigenvalue weighted by molar-refractivity contribution is 6.35. The van der Waals surface area contributed by atoms with Crippen molar-refractivity contribution in [3.05, 3.63) is 64.2 Å².